The fourth-order valence-electron chi connectivity index (χ4n) is 1.44. The van der Waals surface area contributed by atoms with Gasteiger partial charge in [-0.3, -0.25) is 0 Å². The van der Waals surface area contributed by atoms with Crippen molar-refractivity contribution in [3.63, 3.8) is 0 Å². The van der Waals surface area contributed by atoms with E-state index in [2.05, 4.69) is 65.1 Å². The first kappa shape index (κ1) is 17.1. The van der Waals surface area contributed by atoms with Crippen LogP contribution in [0.4, 0.5) is 0 Å². The van der Waals surface area contributed by atoms with E-state index >= 15 is 0 Å². The second-order valence-corrected chi connectivity index (χ2v) is 18.4. The Hall–Kier alpha value is 0.0506. The molecule has 0 saturated carbocycles. The molecule has 0 aromatic carbocycles. The van der Waals surface area contributed by atoms with E-state index in [0.29, 0.717) is 0 Å². The molecule has 0 N–H and O–H groups in total. The fourth-order valence-corrected chi connectivity index (χ4v) is 10.3. The van der Waals surface area contributed by atoms with Gasteiger partial charge in [-0.2, -0.15) is 0 Å². The Kier molecular flexibility index (Phi) is 5.81. The summed E-state index contributed by atoms with van der Waals surface area (Å²) in [7, 11) is -5.32. The van der Waals surface area contributed by atoms with Gasteiger partial charge in [0.25, 0.3) is 0 Å². The summed E-state index contributed by atoms with van der Waals surface area (Å²) in [4.78, 5) is 0. The first-order valence-corrected chi connectivity index (χ1v) is 15.1. The van der Waals surface area contributed by atoms with E-state index in [4.69, 9.17) is 8.54 Å². The van der Waals surface area contributed by atoms with Crippen molar-refractivity contribution < 1.29 is 8.54 Å². The maximum atomic E-state index is 6.23. The lowest BCUT2D eigenvalue weighted by Gasteiger charge is -2.37. The van der Waals surface area contributed by atoms with Gasteiger partial charge in [0, 0.05) is 5.73 Å². The van der Waals surface area contributed by atoms with Gasteiger partial charge < -0.3 is 8.54 Å². The molecule has 0 aliphatic heterocycles. The number of hydrogen-bond donors (Lipinski definition) is 0. The molecule has 100 valence electrons. The summed E-state index contributed by atoms with van der Waals surface area (Å²) >= 11 is 0. The molecule has 0 aromatic heterocycles. The van der Waals surface area contributed by atoms with Crippen molar-refractivity contribution >= 4 is 25.0 Å². The molecule has 0 fully saturated rings. The molecule has 0 bridgehead atoms. The molecule has 0 heterocycles. The SMILES string of the molecule is C=C[Si](C)(C)O[Si](C)(C)OC(C)[Si](C)(C)C=C. The van der Waals surface area contributed by atoms with E-state index in [1.54, 1.807) is 0 Å². The maximum absolute atomic E-state index is 6.23. The second kappa shape index (κ2) is 5.79. The molecule has 5 heteroatoms. The molecular formula is C12H28O2Si3. The Morgan fingerprint density at radius 3 is 1.76 bits per heavy atom. The van der Waals surface area contributed by atoms with Gasteiger partial charge in [0.2, 0.25) is 0 Å². The van der Waals surface area contributed by atoms with E-state index in [-0.39, 0.29) is 5.73 Å². The minimum Gasteiger partial charge on any atom is -0.433 e. The quantitative estimate of drug-likeness (QED) is 0.659. The van der Waals surface area contributed by atoms with E-state index < -0.39 is 25.0 Å². The average molecular weight is 289 g/mol. The molecule has 0 aromatic rings. The highest BCUT2D eigenvalue weighted by Gasteiger charge is 2.37. The third-order valence-corrected chi connectivity index (χ3v) is 12.5. The molecule has 0 aliphatic carbocycles. The zero-order valence-electron chi connectivity index (χ0n) is 12.5. The van der Waals surface area contributed by atoms with Crippen molar-refractivity contribution in [3.8, 4) is 0 Å². The van der Waals surface area contributed by atoms with Crippen LogP contribution in [-0.4, -0.2) is 30.7 Å². The van der Waals surface area contributed by atoms with Crippen molar-refractivity contribution in [2.45, 2.75) is 51.9 Å². The maximum Gasteiger partial charge on any atom is 0.321 e. The van der Waals surface area contributed by atoms with E-state index in [1.807, 2.05) is 5.70 Å². The highest BCUT2D eigenvalue weighted by Crippen LogP contribution is 2.22. The van der Waals surface area contributed by atoms with Crippen LogP contribution < -0.4 is 0 Å². The number of hydrogen-bond acceptors (Lipinski definition) is 2. The highest BCUT2D eigenvalue weighted by molar-refractivity contribution is 6.87. The van der Waals surface area contributed by atoms with Crippen LogP contribution >= 0.6 is 0 Å². The van der Waals surface area contributed by atoms with Crippen LogP contribution in [0, 0.1) is 0 Å². The van der Waals surface area contributed by atoms with Crippen molar-refractivity contribution in [2.75, 3.05) is 0 Å². The van der Waals surface area contributed by atoms with Crippen molar-refractivity contribution in [3.05, 3.63) is 24.6 Å². The van der Waals surface area contributed by atoms with Gasteiger partial charge in [-0.25, -0.2) is 0 Å². The predicted molar refractivity (Wildman–Crippen MR) is 84.5 cm³/mol. The monoisotopic (exact) mass is 288 g/mol. The van der Waals surface area contributed by atoms with E-state index in [0.717, 1.165) is 0 Å². The summed E-state index contributed by atoms with van der Waals surface area (Å²) < 4.78 is 12.4. The summed E-state index contributed by atoms with van der Waals surface area (Å²) in [5, 5.41) is 0. The van der Waals surface area contributed by atoms with Gasteiger partial charge in [0.15, 0.2) is 8.32 Å². The van der Waals surface area contributed by atoms with Crippen molar-refractivity contribution in [1.82, 2.24) is 0 Å². The van der Waals surface area contributed by atoms with Gasteiger partial charge >= 0.3 is 8.56 Å². The Morgan fingerprint density at radius 1 is 0.941 bits per heavy atom. The summed E-state index contributed by atoms with van der Waals surface area (Å²) in [6.45, 7) is 23.0. The Balaban J connectivity index is 4.66. The lowest BCUT2D eigenvalue weighted by Crippen LogP contribution is -2.52. The standard InChI is InChI=1S/C12H28O2Si3/c1-10-15(4,5)12(3)13-17(8,9)14-16(6,7)11-2/h10-12H,1-2H2,3-9H3. The van der Waals surface area contributed by atoms with E-state index in [1.165, 1.54) is 0 Å². The van der Waals surface area contributed by atoms with Gasteiger partial charge in [0.1, 0.15) is 8.07 Å². The van der Waals surface area contributed by atoms with Crippen LogP contribution in [0.5, 0.6) is 0 Å². The topological polar surface area (TPSA) is 18.5 Å². The largest absolute Gasteiger partial charge is 0.433 e. The van der Waals surface area contributed by atoms with Crippen LogP contribution in [0.1, 0.15) is 6.92 Å². The number of rotatable bonds is 7. The van der Waals surface area contributed by atoms with E-state index in [9.17, 15) is 0 Å². The average Bonchev–Trinajstić information content (AvgIpc) is 2.15. The zero-order valence-corrected chi connectivity index (χ0v) is 15.5. The molecule has 0 radical (unpaired) electrons. The summed E-state index contributed by atoms with van der Waals surface area (Å²) in [5.41, 5.74) is 4.29. The molecule has 0 rings (SSSR count). The summed E-state index contributed by atoms with van der Waals surface area (Å²) in [6.07, 6.45) is 0. The summed E-state index contributed by atoms with van der Waals surface area (Å²) in [5.74, 6) is 0. The van der Waals surface area contributed by atoms with Crippen LogP contribution in [0.3, 0.4) is 0 Å². The molecule has 2 nitrogen and oxygen atoms in total. The van der Waals surface area contributed by atoms with Crippen LogP contribution in [0.15, 0.2) is 24.6 Å². The molecular weight excluding hydrogens is 260 g/mol. The van der Waals surface area contributed by atoms with Crippen LogP contribution in [-0.2, 0) is 8.54 Å². The highest BCUT2D eigenvalue weighted by atomic mass is 28.4. The molecule has 0 spiro atoms. The Labute approximate surface area is 110 Å². The molecule has 0 aliphatic rings. The first-order valence-electron chi connectivity index (χ1n) is 6.11. The molecule has 0 amide bonds. The normalized spacial score (nSPS) is 15.5. The Morgan fingerprint density at radius 2 is 1.41 bits per heavy atom. The molecule has 1 atom stereocenters. The van der Waals surface area contributed by atoms with Gasteiger partial charge in [0.05, 0.1) is 0 Å². The van der Waals surface area contributed by atoms with Gasteiger partial charge in [-0.1, -0.05) is 24.5 Å². The summed E-state index contributed by atoms with van der Waals surface area (Å²) in [6, 6.07) is 0. The van der Waals surface area contributed by atoms with Gasteiger partial charge in [-0.05, 0) is 33.1 Å². The molecule has 17 heavy (non-hydrogen) atoms. The third-order valence-electron chi connectivity index (χ3n) is 3.03. The smallest absolute Gasteiger partial charge is 0.321 e. The third kappa shape index (κ3) is 5.96. The predicted octanol–water partition coefficient (Wildman–Crippen LogP) is 4.01. The fraction of sp³-hybridized carbons (Fsp3) is 0.667. The zero-order chi connectivity index (χ0) is 13.9. The van der Waals surface area contributed by atoms with Crippen molar-refractivity contribution in [2.24, 2.45) is 0 Å². The molecule has 1 unspecified atom stereocenters. The minimum absolute atomic E-state index is 0.247. The minimum atomic E-state index is -2.07. The lowest BCUT2D eigenvalue weighted by atomic mass is 10.9. The van der Waals surface area contributed by atoms with Crippen LogP contribution in [0.2, 0.25) is 39.3 Å². The van der Waals surface area contributed by atoms with Gasteiger partial charge in [-0.15, -0.1) is 13.2 Å². The van der Waals surface area contributed by atoms with Crippen molar-refractivity contribution in [1.29, 1.82) is 0 Å². The van der Waals surface area contributed by atoms with Crippen LogP contribution in [0.25, 0.3) is 0 Å². The molecule has 0 saturated heterocycles. The first-order chi connectivity index (χ1) is 7.46. The second-order valence-electron chi connectivity index (χ2n) is 6.10. The lowest BCUT2D eigenvalue weighted by molar-refractivity contribution is 0.225. The Bertz CT molecular complexity index is 285.